The standard InChI is InChI=1S/C29H32N4O2S/c1-18(2)35-26-10-7-20(13-21(26)14-30)29-32-15-27(36-29)24-6-4-5-23-22(24)8-9-25(23)31-16-28(34)33-12-11-19(3)17-33/h4-7,10,13,15,18-19,25,31H,8-9,11-12,16-17H2,1-3H3/t19-,25+/m1/s1. The van der Waals surface area contributed by atoms with E-state index < -0.39 is 0 Å². The fourth-order valence-electron chi connectivity index (χ4n) is 5.22. The second-order valence-electron chi connectivity index (χ2n) is 10.1. The molecule has 1 fully saturated rings. The van der Waals surface area contributed by atoms with Gasteiger partial charge >= 0.3 is 0 Å². The van der Waals surface area contributed by atoms with Crippen molar-refractivity contribution in [2.45, 2.75) is 52.2 Å². The minimum atomic E-state index is 0.00921. The molecular formula is C29H32N4O2S. The molecule has 1 aromatic heterocycles. The van der Waals surface area contributed by atoms with Crippen LogP contribution in [0.3, 0.4) is 0 Å². The molecule has 0 unspecified atom stereocenters. The lowest BCUT2D eigenvalue weighted by atomic mass is 10.0. The molecule has 0 radical (unpaired) electrons. The predicted octanol–water partition coefficient (Wildman–Crippen LogP) is 5.58. The molecule has 7 heteroatoms. The maximum absolute atomic E-state index is 12.6. The summed E-state index contributed by atoms with van der Waals surface area (Å²) in [6, 6.07) is 14.6. The molecule has 0 saturated carbocycles. The van der Waals surface area contributed by atoms with Gasteiger partial charge in [0.2, 0.25) is 5.91 Å². The van der Waals surface area contributed by atoms with E-state index in [0.717, 1.165) is 47.8 Å². The van der Waals surface area contributed by atoms with Gasteiger partial charge in [0.1, 0.15) is 16.8 Å². The summed E-state index contributed by atoms with van der Waals surface area (Å²) in [5.41, 5.74) is 5.27. The Labute approximate surface area is 216 Å². The van der Waals surface area contributed by atoms with Crippen LogP contribution in [0.1, 0.15) is 56.3 Å². The highest BCUT2D eigenvalue weighted by Gasteiger charge is 2.28. The van der Waals surface area contributed by atoms with Crippen LogP contribution >= 0.6 is 11.3 Å². The van der Waals surface area contributed by atoms with Crippen LogP contribution in [0.15, 0.2) is 42.6 Å². The predicted molar refractivity (Wildman–Crippen MR) is 143 cm³/mol. The number of nitrogens with one attached hydrogen (secondary N) is 1. The Balaban J connectivity index is 1.32. The van der Waals surface area contributed by atoms with E-state index in [0.29, 0.717) is 23.8 Å². The van der Waals surface area contributed by atoms with Gasteiger partial charge in [0.15, 0.2) is 0 Å². The SMILES string of the molecule is CC(C)Oc1ccc(-c2ncc(-c3cccc4c3CC[C@@H]4NCC(=O)N3CC[C@@H](C)C3)s2)cc1C#N. The zero-order valence-electron chi connectivity index (χ0n) is 21.1. The van der Waals surface area contributed by atoms with E-state index in [1.807, 2.05) is 43.1 Å². The third-order valence-electron chi connectivity index (χ3n) is 7.03. The van der Waals surface area contributed by atoms with E-state index in [9.17, 15) is 10.1 Å². The lowest BCUT2D eigenvalue weighted by Crippen LogP contribution is -2.37. The van der Waals surface area contributed by atoms with Crippen molar-refractivity contribution in [3.8, 4) is 32.8 Å². The summed E-state index contributed by atoms with van der Waals surface area (Å²) in [4.78, 5) is 20.4. The summed E-state index contributed by atoms with van der Waals surface area (Å²) in [5, 5.41) is 14.0. The number of aromatic nitrogens is 1. The number of hydrogen-bond acceptors (Lipinski definition) is 6. The molecule has 6 nitrogen and oxygen atoms in total. The lowest BCUT2D eigenvalue weighted by molar-refractivity contribution is -0.129. The third-order valence-corrected chi connectivity index (χ3v) is 8.11. The van der Waals surface area contributed by atoms with Crippen molar-refractivity contribution in [3.63, 3.8) is 0 Å². The van der Waals surface area contributed by atoms with Crippen molar-refractivity contribution >= 4 is 17.2 Å². The highest BCUT2D eigenvalue weighted by atomic mass is 32.1. The largest absolute Gasteiger partial charge is 0.490 e. The first-order valence-corrected chi connectivity index (χ1v) is 13.5. The first-order chi connectivity index (χ1) is 17.4. The molecule has 5 rings (SSSR count). The van der Waals surface area contributed by atoms with Crippen molar-refractivity contribution in [2.75, 3.05) is 19.6 Å². The first kappa shape index (κ1) is 24.5. The smallest absolute Gasteiger partial charge is 0.236 e. The number of amides is 1. The van der Waals surface area contributed by atoms with E-state index in [1.165, 1.54) is 16.7 Å². The van der Waals surface area contributed by atoms with Gasteiger partial charge in [-0.15, -0.1) is 11.3 Å². The highest BCUT2D eigenvalue weighted by Crippen LogP contribution is 2.41. The maximum atomic E-state index is 12.6. The van der Waals surface area contributed by atoms with Crippen molar-refractivity contribution in [1.82, 2.24) is 15.2 Å². The molecule has 1 aliphatic carbocycles. The molecule has 1 amide bonds. The van der Waals surface area contributed by atoms with Gasteiger partial charge in [-0.3, -0.25) is 4.79 Å². The van der Waals surface area contributed by atoms with Crippen molar-refractivity contribution in [2.24, 2.45) is 5.92 Å². The van der Waals surface area contributed by atoms with E-state index in [2.05, 4.69) is 41.5 Å². The van der Waals surface area contributed by atoms with E-state index in [4.69, 9.17) is 4.74 Å². The van der Waals surface area contributed by atoms with Crippen LogP contribution in [-0.4, -0.2) is 41.5 Å². The topological polar surface area (TPSA) is 78.2 Å². The number of nitriles is 1. The van der Waals surface area contributed by atoms with Gasteiger partial charge in [-0.25, -0.2) is 4.98 Å². The summed E-state index contributed by atoms with van der Waals surface area (Å²) in [6.07, 6.45) is 5.01. The number of carbonyl (C=O) groups is 1. The van der Waals surface area contributed by atoms with E-state index in [-0.39, 0.29) is 18.1 Å². The molecule has 0 bridgehead atoms. The van der Waals surface area contributed by atoms with Gasteiger partial charge in [0, 0.05) is 30.9 Å². The van der Waals surface area contributed by atoms with Gasteiger partial charge < -0.3 is 15.0 Å². The van der Waals surface area contributed by atoms with Crippen molar-refractivity contribution < 1.29 is 9.53 Å². The third kappa shape index (κ3) is 5.02. The number of carbonyl (C=O) groups excluding carboxylic acids is 1. The molecule has 0 spiro atoms. The Morgan fingerprint density at radius 3 is 2.92 bits per heavy atom. The molecule has 3 aromatic rings. The monoisotopic (exact) mass is 500 g/mol. The molecule has 186 valence electrons. The quantitative estimate of drug-likeness (QED) is 0.458. The van der Waals surface area contributed by atoms with Crippen LogP contribution < -0.4 is 10.1 Å². The number of ether oxygens (including phenoxy) is 1. The summed E-state index contributed by atoms with van der Waals surface area (Å²) >= 11 is 1.64. The molecule has 1 aliphatic heterocycles. The minimum absolute atomic E-state index is 0.00921. The number of likely N-dealkylation sites (tertiary alicyclic amines) is 1. The molecule has 1 saturated heterocycles. The van der Waals surface area contributed by atoms with Gasteiger partial charge in [-0.05, 0) is 73.9 Å². The summed E-state index contributed by atoms with van der Waals surface area (Å²) in [7, 11) is 0. The molecule has 36 heavy (non-hydrogen) atoms. The Morgan fingerprint density at radius 2 is 2.17 bits per heavy atom. The van der Waals surface area contributed by atoms with E-state index in [1.54, 1.807) is 11.3 Å². The summed E-state index contributed by atoms with van der Waals surface area (Å²) in [5.74, 6) is 1.41. The Bertz CT molecular complexity index is 1310. The number of fused-ring (bicyclic) bond motifs is 1. The van der Waals surface area contributed by atoms with Crippen molar-refractivity contribution in [3.05, 3.63) is 59.3 Å². The van der Waals surface area contributed by atoms with Crippen LogP contribution in [0, 0.1) is 17.2 Å². The fraction of sp³-hybridized carbons (Fsp3) is 0.414. The first-order valence-electron chi connectivity index (χ1n) is 12.7. The molecule has 2 aromatic carbocycles. The number of thiazole rings is 1. The molecule has 2 heterocycles. The zero-order chi connectivity index (χ0) is 25.2. The summed E-state index contributed by atoms with van der Waals surface area (Å²) < 4.78 is 5.76. The van der Waals surface area contributed by atoms with Crippen LogP contribution in [0.25, 0.3) is 21.0 Å². The highest BCUT2D eigenvalue weighted by molar-refractivity contribution is 7.18. The number of hydrogen-bond donors (Lipinski definition) is 1. The minimum Gasteiger partial charge on any atom is -0.490 e. The normalized spacial score (nSPS) is 18.9. The van der Waals surface area contributed by atoms with Gasteiger partial charge in [-0.1, -0.05) is 25.1 Å². The molecular weight excluding hydrogens is 468 g/mol. The molecule has 2 atom stereocenters. The summed E-state index contributed by atoms with van der Waals surface area (Å²) in [6.45, 7) is 8.26. The Morgan fingerprint density at radius 1 is 1.31 bits per heavy atom. The lowest BCUT2D eigenvalue weighted by Gasteiger charge is -2.19. The van der Waals surface area contributed by atoms with Crippen LogP contribution in [0.4, 0.5) is 0 Å². The van der Waals surface area contributed by atoms with Crippen LogP contribution in [-0.2, 0) is 11.2 Å². The second-order valence-corrected chi connectivity index (χ2v) is 11.1. The Kier molecular flexibility index (Phi) is 7.08. The van der Waals surface area contributed by atoms with Crippen molar-refractivity contribution in [1.29, 1.82) is 5.26 Å². The number of benzene rings is 2. The fourth-order valence-corrected chi connectivity index (χ4v) is 6.19. The van der Waals surface area contributed by atoms with Gasteiger partial charge in [-0.2, -0.15) is 5.26 Å². The number of rotatable bonds is 7. The van der Waals surface area contributed by atoms with E-state index >= 15 is 0 Å². The zero-order valence-corrected chi connectivity index (χ0v) is 21.9. The van der Waals surface area contributed by atoms with Gasteiger partial charge in [0.25, 0.3) is 0 Å². The second kappa shape index (κ2) is 10.4. The van der Waals surface area contributed by atoms with Crippen LogP contribution in [0.2, 0.25) is 0 Å². The average Bonchev–Trinajstić information content (AvgIpc) is 3.62. The Hall–Kier alpha value is -3.21. The molecule has 2 aliphatic rings. The number of nitrogens with zero attached hydrogens (tertiary/aromatic N) is 3. The maximum Gasteiger partial charge on any atom is 0.236 e. The van der Waals surface area contributed by atoms with Gasteiger partial charge in [0.05, 0.1) is 23.1 Å². The molecule has 1 N–H and O–H groups in total. The average molecular weight is 501 g/mol. The van der Waals surface area contributed by atoms with Crippen LogP contribution in [0.5, 0.6) is 5.75 Å².